The van der Waals surface area contributed by atoms with Crippen LogP contribution >= 0.6 is 11.3 Å². The lowest BCUT2D eigenvalue weighted by Gasteiger charge is -2.13. The van der Waals surface area contributed by atoms with Crippen LogP contribution in [-0.2, 0) is 0 Å². The average Bonchev–Trinajstić information content (AvgIpc) is 3.39. The normalized spacial score (nSPS) is 11.2. The molecule has 4 rings (SSSR count). The zero-order valence-corrected chi connectivity index (χ0v) is 16.6. The lowest BCUT2D eigenvalue weighted by atomic mass is 10.1. The van der Waals surface area contributed by atoms with Crippen molar-refractivity contribution >= 4 is 22.9 Å². The molecule has 0 aliphatic heterocycles. The molecule has 0 spiro atoms. The first-order valence-corrected chi connectivity index (χ1v) is 10.2. The molecule has 4 aromatic heterocycles. The highest BCUT2D eigenvalue weighted by Crippen LogP contribution is 2.29. The minimum absolute atomic E-state index is 0.0201. The molecule has 0 unspecified atom stereocenters. The molecule has 0 aliphatic rings. The molecule has 1 N–H and O–H groups in total. The Morgan fingerprint density at radius 3 is 2.79 bits per heavy atom. The molecule has 0 atom stereocenters. The van der Waals surface area contributed by atoms with Gasteiger partial charge in [-0.3, -0.25) is 9.78 Å². The van der Waals surface area contributed by atoms with Crippen molar-refractivity contribution in [3.05, 3.63) is 59.4 Å². The van der Waals surface area contributed by atoms with Gasteiger partial charge in [-0.25, -0.2) is 9.50 Å². The van der Waals surface area contributed by atoms with Gasteiger partial charge in [-0.15, -0.1) is 11.3 Å². The topological polar surface area (TPSA) is 72.2 Å². The molecule has 0 fully saturated rings. The highest BCUT2D eigenvalue weighted by atomic mass is 32.1. The molecule has 0 saturated heterocycles. The molecule has 0 aromatic carbocycles. The first-order valence-electron chi connectivity index (χ1n) is 9.33. The van der Waals surface area contributed by atoms with E-state index in [2.05, 4.69) is 34.2 Å². The molecular weight excluding hydrogens is 370 g/mol. The summed E-state index contributed by atoms with van der Waals surface area (Å²) < 4.78 is 1.76. The molecule has 4 heterocycles. The summed E-state index contributed by atoms with van der Waals surface area (Å²) in [6.45, 7) is 4.16. The van der Waals surface area contributed by atoms with Crippen LogP contribution in [0.25, 0.3) is 27.9 Å². The van der Waals surface area contributed by atoms with Crippen LogP contribution in [0.2, 0.25) is 0 Å². The molecule has 0 saturated carbocycles. The Balaban J connectivity index is 1.62. The molecule has 142 valence electrons. The molecular formula is C21H21N5OS. The Labute approximate surface area is 167 Å². The largest absolute Gasteiger partial charge is 0.349 e. The number of nitrogens with one attached hydrogen (secondary N) is 1. The number of aromatic nitrogens is 4. The second-order valence-electron chi connectivity index (χ2n) is 6.60. The third kappa shape index (κ3) is 3.53. The van der Waals surface area contributed by atoms with Crippen LogP contribution in [-0.4, -0.2) is 31.5 Å². The maximum atomic E-state index is 12.5. The van der Waals surface area contributed by atoms with Crippen molar-refractivity contribution in [3.8, 4) is 22.3 Å². The van der Waals surface area contributed by atoms with Gasteiger partial charge in [0, 0.05) is 47.5 Å². The van der Waals surface area contributed by atoms with Crippen molar-refractivity contribution in [3.63, 3.8) is 0 Å². The summed E-state index contributed by atoms with van der Waals surface area (Å²) in [5.41, 5.74) is 4.57. The first-order chi connectivity index (χ1) is 13.7. The van der Waals surface area contributed by atoms with Crippen LogP contribution in [0.1, 0.15) is 36.4 Å². The summed E-state index contributed by atoms with van der Waals surface area (Å²) in [7, 11) is 0. The number of carbonyl (C=O) groups excluding carboxylic acids is 1. The van der Waals surface area contributed by atoms with E-state index in [1.54, 1.807) is 23.1 Å². The van der Waals surface area contributed by atoms with Crippen LogP contribution in [0.5, 0.6) is 0 Å². The first kappa shape index (κ1) is 18.3. The average molecular weight is 392 g/mol. The Morgan fingerprint density at radius 2 is 2.04 bits per heavy atom. The van der Waals surface area contributed by atoms with Crippen LogP contribution in [0.15, 0.2) is 54.6 Å². The number of thiophene rings is 1. The number of rotatable bonds is 6. The van der Waals surface area contributed by atoms with Gasteiger partial charge in [-0.05, 0) is 35.9 Å². The highest BCUT2D eigenvalue weighted by molar-refractivity contribution is 7.12. The van der Waals surface area contributed by atoms with Crippen LogP contribution in [0, 0.1) is 0 Å². The maximum absolute atomic E-state index is 12.5. The summed E-state index contributed by atoms with van der Waals surface area (Å²) in [6.07, 6.45) is 11.0. The van der Waals surface area contributed by atoms with Crippen molar-refractivity contribution in [2.75, 3.05) is 0 Å². The van der Waals surface area contributed by atoms with Gasteiger partial charge in [-0.2, -0.15) is 5.10 Å². The van der Waals surface area contributed by atoms with Crippen molar-refractivity contribution in [2.45, 2.75) is 32.7 Å². The quantitative estimate of drug-likeness (QED) is 0.527. The van der Waals surface area contributed by atoms with E-state index in [1.807, 2.05) is 36.0 Å². The predicted molar refractivity (Wildman–Crippen MR) is 111 cm³/mol. The molecule has 0 aliphatic carbocycles. The van der Waals surface area contributed by atoms with Gasteiger partial charge >= 0.3 is 0 Å². The van der Waals surface area contributed by atoms with Gasteiger partial charge in [-0.1, -0.05) is 19.9 Å². The van der Waals surface area contributed by atoms with Gasteiger partial charge < -0.3 is 5.32 Å². The maximum Gasteiger partial charge on any atom is 0.261 e. The fraction of sp³-hybridized carbons (Fsp3) is 0.238. The van der Waals surface area contributed by atoms with E-state index in [9.17, 15) is 4.79 Å². The van der Waals surface area contributed by atoms with Gasteiger partial charge in [0.2, 0.25) is 0 Å². The summed E-state index contributed by atoms with van der Waals surface area (Å²) in [6, 6.07) is 6.01. The highest BCUT2D eigenvalue weighted by Gasteiger charge is 2.16. The van der Waals surface area contributed by atoms with E-state index in [0.29, 0.717) is 4.88 Å². The standard InChI is InChI=1S/C21H21N5OS/c1-3-17(4-2)25-21(27)19-8-15(13-28-19)18-11-24-26-12-16(10-23-20(18)26)14-6-5-7-22-9-14/h5-13,17H,3-4H2,1-2H3,(H,25,27). The molecule has 6 nitrogen and oxygen atoms in total. The zero-order chi connectivity index (χ0) is 19.5. The Kier molecular flexibility index (Phi) is 5.16. The lowest BCUT2D eigenvalue weighted by Crippen LogP contribution is -2.33. The van der Waals surface area contributed by atoms with E-state index in [4.69, 9.17) is 0 Å². The predicted octanol–water partition coefficient (Wildman–Crippen LogP) is 4.44. The monoisotopic (exact) mass is 391 g/mol. The van der Waals surface area contributed by atoms with E-state index in [-0.39, 0.29) is 11.9 Å². The summed E-state index contributed by atoms with van der Waals surface area (Å²) >= 11 is 1.44. The molecule has 7 heteroatoms. The van der Waals surface area contributed by atoms with E-state index in [0.717, 1.165) is 40.7 Å². The number of hydrogen-bond donors (Lipinski definition) is 1. The second-order valence-corrected chi connectivity index (χ2v) is 7.51. The van der Waals surface area contributed by atoms with Crippen molar-refractivity contribution in [1.82, 2.24) is 24.9 Å². The number of hydrogen-bond acceptors (Lipinski definition) is 5. The molecule has 1 amide bonds. The van der Waals surface area contributed by atoms with Crippen LogP contribution < -0.4 is 5.32 Å². The van der Waals surface area contributed by atoms with Crippen molar-refractivity contribution in [1.29, 1.82) is 0 Å². The minimum atomic E-state index is -0.0201. The van der Waals surface area contributed by atoms with E-state index in [1.165, 1.54) is 11.3 Å². The Morgan fingerprint density at radius 1 is 1.18 bits per heavy atom. The number of carbonyl (C=O) groups is 1. The molecule has 0 radical (unpaired) electrons. The van der Waals surface area contributed by atoms with Crippen molar-refractivity contribution < 1.29 is 4.79 Å². The fourth-order valence-electron chi connectivity index (χ4n) is 3.11. The van der Waals surface area contributed by atoms with Crippen molar-refractivity contribution in [2.24, 2.45) is 0 Å². The van der Waals surface area contributed by atoms with E-state index >= 15 is 0 Å². The number of fused-ring (bicyclic) bond motifs is 1. The Hall–Kier alpha value is -3.06. The minimum Gasteiger partial charge on any atom is -0.349 e. The van der Waals surface area contributed by atoms with Gasteiger partial charge in [0.15, 0.2) is 5.65 Å². The number of pyridine rings is 1. The SMILES string of the molecule is CCC(CC)NC(=O)c1cc(-c2cnn3cc(-c4cccnc4)cnc23)cs1. The summed E-state index contributed by atoms with van der Waals surface area (Å²) in [4.78, 5) is 21.9. The molecule has 0 bridgehead atoms. The molecule has 4 aromatic rings. The van der Waals surface area contributed by atoms with Crippen LogP contribution in [0.4, 0.5) is 0 Å². The third-order valence-corrected chi connectivity index (χ3v) is 5.74. The number of amides is 1. The third-order valence-electron chi connectivity index (χ3n) is 4.81. The Bertz CT molecular complexity index is 1100. The van der Waals surface area contributed by atoms with Crippen LogP contribution in [0.3, 0.4) is 0 Å². The lowest BCUT2D eigenvalue weighted by molar-refractivity contribution is 0.0939. The van der Waals surface area contributed by atoms with Gasteiger partial charge in [0.25, 0.3) is 5.91 Å². The second kappa shape index (κ2) is 7.90. The summed E-state index contributed by atoms with van der Waals surface area (Å²) in [5.74, 6) is -0.0201. The molecule has 28 heavy (non-hydrogen) atoms. The number of nitrogens with zero attached hydrogens (tertiary/aromatic N) is 4. The van der Waals surface area contributed by atoms with Gasteiger partial charge in [0.05, 0.1) is 11.1 Å². The van der Waals surface area contributed by atoms with E-state index < -0.39 is 0 Å². The zero-order valence-electron chi connectivity index (χ0n) is 15.8. The van der Waals surface area contributed by atoms with Gasteiger partial charge in [0.1, 0.15) is 0 Å². The smallest absolute Gasteiger partial charge is 0.261 e. The summed E-state index contributed by atoms with van der Waals surface area (Å²) in [5, 5.41) is 9.51. The fourth-order valence-corrected chi connectivity index (χ4v) is 3.92.